The summed E-state index contributed by atoms with van der Waals surface area (Å²) in [5.74, 6) is -0.390. The van der Waals surface area contributed by atoms with Crippen LogP contribution in [0.25, 0.3) is 0 Å². The van der Waals surface area contributed by atoms with Crippen molar-refractivity contribution in [2.75, 3.05) is 0 Å². The molecule has 0 bridgehead atoms. The maximum Gasteiger partial charge on any atom is 0.340 e. The fraction of sp³-hybridized carbons (Fsp3) is 0.0833. The molecule has 0 aliphatic heterocycles. The Morgan fingerprint density at radius 2 is 2.06 bits per heavy atom. The maximum atomic E-state index is 11.7. The molecule has 0 amide bonds. The van der Waals surface area contributed by atoms with Crippen molar-refractivity contribution in [2.24, 2.45) is 0 Å². The molecule has 1 aromatic heterocycles. The Morgan fingerprint density at radius 3 is 2.75 bits per heavy atom. The third-order valence-electron chi connectivity index (χ3n) is 2.02. The molecule has 0 radical (unpaired) electrons. The molecule has 2 aromatic rings. The van der Waals surface area contributed by atoms with Crippen LogP contribution >= 0.6 is 22.9 Å². The van der Waals surface area contributed by atoms with Crippen LogP contribution in [0.15, 0.2) is 41.8 Å². The first-order chi connectivity index (χ1) is 7.77. The Labute approximate surface area is 102 Å². The number of carbonyl (C=O) groups is 1. The van der Waals surface area contributed by atoms with E-state index in [0.717, 1.165) is 4.88 Å². The van der Waals surface area contributed by atoms with E-state index in [1.54, 1.807) is 35.6 Å². The quantitative estimate of drug-likeness (QED) is 0.778. The largest absolute Gasteiger partial charge is 0.456 e. The van der Waals surface area contributed by atoms with E-state index in [9.17, 15) is 4.79 Å². The molecule has 0 fully saturated rings. The fourth-order valence-electron chi connectivity index (χ4n) is 1.24. The summed E-state index contributed by atoms with van der Waals surface area (Å²) in [5.41, 5.74) is 0.403. The highest BCUT2D eigenvalue weighted by Crippen LogP contribution is 2.17. The number of carbonyl (C=O) groups excluding carboxylic acids is 1. The molecule has 2 nitrogen and oxygen atoms in total. The predicted octanol–water partition coefficient (Wildman–Crippen LogP) is 3.76. The van der Waals surface area contributed by atoms with E-state index in [4.69, 9.17) is 16.3 Å². The van der Waals surface area contributed by atoms with Gasteiger partial charge in [0.15, 0.2) is 0 Å². The molecule has 4 heteroatoms. The molecule has 0 aliphatic carbocycles. The van der Waals surface area contributed by atoms with Gasteiger partial charge in [-0.3, -0.25) is 0 Å². The van der Waals surface area contributed by atoms with E-state index in [1.165, 1.54) is 0 Å². The molecule has 0 spiro atoms. The summed E-state index contributed by atoms with van der Waals surface area (Å²) >= 11 is 7.44. The molecule has 0 saturated carbocycles. The second-order valence-electron chi connectivity index (χ2n) is 3.14. The first kappa shape index (κ1) is 11.2. The van der Waals surface area contributed by atoms with Crippen molar-refractivity contribution in [3.63, 3.8) is 0 Å². The Bertz CT molecular complexity index is 480. The van der Waals surface area contributed by atoms with Crippen molar-refractivity contribution in [2.45, 2.75) is 6.61 Å². The summed E-state index contributed by atoms with van der Waals surface area (Å²) < 4.78 is 5.14. The van der Waals surface area contributed by atoms with E-state index in [0.29, 0.717) is 17.2 Å². The fourth-order valence-corrected chi connectivity index (χ4v) is 2.06. The summed E-state index contributed by atoms with van der Waals surface area (Å²) in [6.07, 6.45) is 0. The molecule has 1 heterocycles. The van der Waals surface area contributed by atoms with Crippen molar-refractivity contribution in [1.29, 1.82) is 0 Å². The highest BCUT2D eigenvalue weighted by Gasteiger charge is 2.10. The van der Waals surface area contributed by atoms with Gasteiger partial charge in [0, 0.05) is 4.88 Å². The van der Waals surface area contributed by atoms with Crippen LogP contribution in [0.4, 0.5) is 0 Å². The summed E-state index contributed by atoms with van der Waals surface area (Å²) in [6.45, 7) is 0.293. The van der Waals surface area contributed by atoms with Crippen LogP contribution in [0.2, 0.25) is 5.02 Å². The molecule has 1 aromatic carbocycles. The predicted molar refractivity (Wildman–Crippen MR) is 64.9 cm³/mol. The standard InChI is InChI=1S/C12H9ClO2S/c13-11-6-2-1-5-10(11)12(14)15-8-9-4-3-7-16-9/h1-7H,8H2. The van der Waals surface area contributed by atoms with Gasteiger partial charge in [-0.25, -0.2) is 4.79 Å². The lowest BCUT2D eigenvalue weighted by Gasteiger charge is -2.04. The van der Waals surface area contributed by atoms with Crippen LogP contribution in [0.3, 0.4) is 0 Å². The zero-order valence-corrected chi connectivity index (χ0v) is 9.92. The molecule has 0 unspecified atom stereocenters. The second kappa shape index (κ2) is 5.14. The summed E-state index contributed by atoms with van der Waals surface area (Å²) in [6, 6.07) is 10.7. The molecular formula is C12H9ClO2S. The molecule has 82 valence electrons. The minimum absolute atomic E-state index is 0.293. The van der Waals surface area contributed by atoms with Gasteiger partial charge in [-0.2, -0.15) is 0 Å². The van der Waals surface area contributed by atoms with Gasteiger partial charge in [0.25, 0.3) is 0 Å². The van der Waals surface area contributed by atoms with Gasteiger partial charge in [-0.15, -0.1) is 11.3 Å². The lowest BCUT2D eigenvalue weighted by molar-refractivity contribution is 0.0477. The average Bonchev–Trinajstić information content (AvgIpc) is 2.79. The van der Waals surface area contributed by atoms with Crippen molar-refractivity contribution in [3.05, 3.63) is 57.2 Å². The lowest BCUT2D eigenvalue weighted by Crippen LogP contribution is -2.05. The minimum Gasteiger partial charge on any atom is -0.456 e. The molecule has 0 aliphatic rings. The third kappa shape index (κ3) is 2.62. The van der Waals surface area contributed by atoms with Crippen LogP contribution < -0.4 is 0 Å². The summed E-state index contributed by atoms with van der Waals surface area (Å²) in [5, 5.41) is 2.36. The van der Waals surface area contributed by atoms with Gasteiger partial charge in [-0.1, -0.05) is 29.8 Å². The first-order valence-electron chi connectivity index (χ1n) is 4.71. The Balaban J connectivity index is 2.01. The minimum atomic E-state index is -0.390. The van der Waals surface area contributed by atoms with Crippen LogP contribution in [0.1, 0.15) is 15.2 Å². The number of hydrogen-bond donors (Lipinski definition) is 0. The van der Waals surface area contributed by atoms with E-state index >= 15 is 0 Å². The van der Waals surface area contributed by atoms with Crippen molar-refractivity contribution >= 4 is 28.9 Å². The van der Waals surface area contributed by atoms with Gasteiger partial charge in [0.2, 0.25) is 0 Å². The SMILES string of the molecule is O=C(OCc1cccs1)c1ccccc1Cl. The zero-order valence-electron chi connectivity index (χ0n) is 8.35. The topological polar surface area (TPSA) is 26.3 Å². The Kier molecular flexibility index (Phi) is 3.59. The van der Waals surface area contributed by atoms with E-state index < -0.39 is 0 Å². The lowest BCUT2D eigenvalue weighted by atomic mass is 10.2. The van der Waals surface area contributed by atoms with Crippen molar-refractivity contribution in [1.82, 2.24) is 0 Å². The Morgan fingerprint density at radius 1 is 1.25 bits per heavy atom. The highest BCUT2D eigenvalue weighted by atomic mass is 35.5. The van der Waals surface area contributed by atoms with Crippen LogP contribution in [0, 0.1) is 0 Å². The number of esters is 1. The number of thiophene rings is 1. The van der Waals surface area contributed by atoms with Gasteiger partial charge < -0.3 is 4.74 Å². The summed E-state index contributed by atoms with van der Waals surface area (Å²) in [7, 11) is 0. The van der Waals surface area contributed by atoms with E-state index in [-0.39, 0.29) is 5.97 Å². The van der Waals surface area contributed by atoms with Gasteiger partial charge in [0.05, 0.1) is 10.6 Å². The number of halogens is 1. The first-order valence-corrected chi connectivity index (χ1v) is 5.97. The molecular weight excluding hydrogens is 244 g/mol. The van der Waals surface area contributed by atoms with Crippen molar-refractivity contribution in [3.8, 4) is 0 Å². The van der Waals surface area contributed by atoms with E-state index in [1.807, 2.05) is 17.5 Å². The van der Waals surface area contributed by atoms with Crippen LogP contribution in [-0.2, 0) is 11.3 Å². The molecule has 2 rings (SSSR count). The molecule has 16 heavy (non-hydrogen) atoms. The van der Waals surface area contributed by atoms with E-state index in [2.05, 4.69) is 0 Å². The van der Waals surface area contributed by atoms with Crippen molar-refractivity contribution < 1.29 is 9.53 Å². The van der Waals surface area contributed by atoms with Crippen LogP contribution in [-0.4, -0.2) is 5.97 Å². The van der Waals surface area contributed by atoms with Crippen LogP contribution in [0.5, 0.6) is 0 Å². The second-order valence-corrected chi connectivity index (χ2v) is 4.57. The van der Waals surface area contributed by atoms with Gasteiger partial charge in [0.1, 0.15) is 6.61 Å². The number of ether oxygens (including phenoxy) is 1. The molecule has 0 N–H and O–H groups in total. The monoisotopic (exact) mass is 252 g/mol. The summed E-state index contributed by atoms with van der Waals surface area (Å²) in [4.78, 5) is 12.7. The average molecular weight is 253 g/mol. The number of hydrogen-bond acceptors (Lipinski definition) is 3. The smallest absolute Gasteiger partial charge is 0.340 e. The normalized spacial score (nSPS) is 10.1. The molecule has 0 atom stereocenters. The van der Waals surface area contributed by atoms with Gasteiger partial charge in [-0.05, 0) is 23.6 Å². The Hall–Kier alpha value is -1.32. The third-order valence-corrected chi connectivity index (χ3v) is 3.20. The molecule has 0 saturated heterocycles. The number of benzene rings is 1. The van der Waals surface area contributed by atoms with Gasteiger partial charge >= 0.3 is 5.97 Å². The highest BCUT2D eigenvalue weighted by molar-refractivity contribution is 7.09. The number of rotatable bonds is 3. The maximum absolute atomic E-state index is 11.7. The zero-order chi connectivity index (χ0) is 11.4.